The molecule has 1 aliphatic rings. The number of nitrogens with zero attached hydrogens (tertiary/aromatic N) is 1. The van der Waals surface area contributed by atoms with Crippen molar-refractivity contribution in [1.82, 2.24) is 4.98 Å². The molecule has 2 heterocycles. The second-order valence-corrected chi connectivity index (χ2v) is 10.2. The average Bonchev–Trinajstić information content (AvgIpc) is 2.91. The number of pyridine rings is 1. The van der Waals surface area contributed by atoms with Gasteiger partial charge in [0.05, 0.1) is 25.5 Å². The van der Waals surface area contributed by atoms with Gasteiger partial charge < -0.3 is 14.2 Å². The van der Waals surface area contributed by atoms with E-state index in [1.165, 1.54) is 76.7 Å². The molecule has 1 aromatic heterocycles. The third kappa shape index (κ3) is 9.82. The van der Waals surface area contributed by atoms with Gasteiger partial charge in [-0.25, -0.2) is 4.39 Å². The molecule has 0 atom stereocenters. The number of rotatable bonds is 17. The predicted molar refractivity (Wildman–Crippen MR) is 145 cm³/mol. The first-order valence-corrected chi connectivity index (χ1v) is 14.3. The van der Waals surface area contributed by atoms with Crippen molar-refractivity contribution in [3.8, 4) is 17.0 Å². The third-order valence-electron chi connectivity index (χ3n) is 6.97. The fourth-order valence-corrected chi connectivity index (χ4v) is 4.67. The summed E-state index contributed by atoms with van der Waals surface area (Å²) in [6.07, 6.45) is 17.5. The molecule has 1 aromatic carbocycles. The van der Waals surface area contributed by atoms with Crippen LogP contribution < -0.4 is 4.74 Å². The lowest BCUT2D eigenvalue weighted by atomic mass is 10.0. The molecule has 36 heavy (non-hydrogen) atoms. The zero-order chi connectivity index (χ0) is 25.4. The van der Waals surface area contributed by atoms with E-state index in [1.807, 2.05) is 18.2 Å². The lowest BCUT2D eigenvalue weighted by molar-refractivity contribution is -0.206. The molecule has 4 nitrogen and oxygen atoms in total. The average molecular weight is 500 g/mol. The molecule has 0 amide bonds. The molecule has 0 saturated carbocycles. The molecule has 1 saturated heterocycles. The first-order chi connectivity index (χ1) is 17.7. The number of ether oxygens (including phenoxy) is 3. The van der Waals surface area contributed by atoms with E-state index in [0.29, 0.717) is 18.3 Å². The van der Waals surface area contributed by atoms with Crippen LogP contribution in [0.5, 0.6) is 5.75 Å². The van der Waals surface area contributed by atoms with Crippen molar-refractivity contribution in [3.63, 3.8) is 0 Å². The van der Waals surface area contributed by atoms with Gasteiger partial charge in [0.1, 0.15) is 0 Å². The molecular weight excluding hydrogens is 453 g/mol. The smallest absolute Gasteiger partial charge is 0.185 e. The van der Waals surface area contributed by atoms with E-state index < -0.39 is 0 Å². The zero-order valence-corrected chi connectivity index (χ0v) is 22.5. The minimum atomic E-state index is -0.373. The Balaban J connectivity index is 1.40. The maximum Gasteiger partial charge on any atom is 0.185 e. The van der Waals surface area contributed by atoms with Crippen LogP contribution in [-0.4, -0.2) is 24.8 Å². The van der Waals surface area contributed by atoms with Crippen molar-refractivity contribution in [1.29, 1.82) is 0 Å². The van der Waals surface area contributed by atoms with Gasteiger partial charge in [0.2, 0.25) is 0 Å². The molecule has 0 N–H and O–H groups in total. The van der Waals surface area contributed by atoms with Gasteiger partial charge in [-0.2, -0.15) is 0 Å². The molecule has 0 bridgehead atoms. The Hall–Kier alpha value is -1.98. The molecule has 0 radical (unpaired) electrons. The topological polar surface area (TPSA) is 40.6 Å². The molecule has 5 heteroatoms. The van der Waals surface area contributed by atoms with E-state index in [0.717, 1.165) is 42.9 Å². The Morgan fingerprint density at radius 2 is 1.50 bits per heavy atom. The number of halogens is 1. The van der Waals surface area contributed by atoms with Gasteiger partial charge in [-0.3, -0.25) is 4.98 Å². The van der Waals surface area contributed by atoms with Crippen LogP contribution in [0.25, 0.3) is 11.3 Å². The maximum absolute atomic E-state index is 14.6. The lowest BCUT2D eigenvalue weighted by Crippen LogP contribution is -2.27. The highest BCUT2D eigenvalue weighted by Gasteiger charge is 2.23. The van der Waals surface area contributed by atoms with E-state index in [2.05, 4.69) is 18.8 Å². The highest BCUT2D eigenvalue weighted by Crippen LogP contribution is 2.29. The summed E-state index contributed by atoms with van der Waals surface area (Å²) in [6, 6.07) is 8.92. The Morgan fingerprint density at radius 3 is 2.14 bits per heavy atom. The van der Waals surface area contributed by atoms with Crippen molar-refractivity contribution < 1.29 is 18.6 Å². The highest BCUT2D eigenvalue weighted by molar-refractivity contribution is 5.60. The van der Waals surface area contributed by atoms with Gasteiger partial charge in [0, 0.05) is 23.2 Å². The fraction of sp³-hybridized carbons (Fsp3) is 0.645. The van der Waals surface area contributed by atoms with Crippen LogP contribution >= 0.6 is 0 Å². The minimum Gasteiger partial charge on any atom is -0.491 e. The van der Waals surface area contributed by atoms with Gasteiger partial charge >= 0.3 is 0 Å². The van der Waals surface area contributed by atoms with Crippen molar-refractivity contribution in [2.45, 2.75) is 104 Å². The van der Waals surface area contributed by atoms with Gasteiger partial charge in [-0.1, -0.05) is 90.5 Å². The van der Waals surface area contributed by atoms with Gasteiger partial charge in [0.25, 0.3) is 0 Å². The van der Waals surface area contributed by atoms with Crippen LogP contribution in [-0.2, 0) is 9.47 Å². The fourth-order valence-electron chi connectivity index (χ4n) is 4.67. The SMILES string of the molecule is CCCCCCCCOc1ccc(-c2ccc(C3OCC(CCCCCCCC)CO3)cn2)cc1F. The van der Waals surface area contributed by atoms with Crippen molar-refractivity contribution in [3.05, 3.63) is 47.9 Å². The van der Waals surface area contributed by atoms with Gasteiger partial charge in [-0.15, -0.1) is 0 Å². The molecule has 1 aliphatic heterocycles. The maximum atomic E-state index is 14.6. The number of hydrogen-bond donors (Lipinski definition) is 0. The first kappa shape index (κ1) is 28.6. The normalized spacial score (nSPS) is 17.9. The monoisotopic (exact) mass is 499 g/mol. The number of benzene rings is 1. The Kier molecular flexibility index (Phi) is 13.3. The third-order valence-corrected chi connectivity index (χ3v) is 6.97. The van der Waals surface area contributed by atoms with Gasteiger partial charge in [0.15, 0.2) is 17.9 Å². The first-order valence-electron chi connectivity index (χ1n) is 14.3. The summed E-state index contributed by atoms with van der Waals surface area (Å²) in [5.74, 6) is 0.438. The van der Waals surface area contributed by atoms with Crippen LogP contribution in [0.4, 0.5) is 4.39 Å². The summed E-state index contributed by atoms with van der Waals surface area (Å²) in [6.45, 7) is 6.47. The number of unbranched alkanes of at least 4 members (excludes halogenated alkanes) is 10. The second kappa shape index (κ2) is 16.7. The van der Waals surface area contributed by atoms with Crippen molar-refractivity contribution in [2.24, 2.45) is 5.92 Å². The molecule has 0 aliphatic carbocycles. The summed E-state index contributed by atoms with van der Waals surface area (Å²) in [7, 11) is 0. The quantitative estimate of drug-likeness (QED) is 0.204. The number of aromatic nitrogens is 1. The van der Waals surface area contributed by atoms with Crippen LogP contribution in [0.3, 0.4) is 0 Å². The molecular formula is C31H46FNO3. The molecule has 1 fully saturated rings. The van der Waals surface area contributed by atoms with Crippen molar-refractivity contribution in [2.75, 3.05) is 19.8 Å². The van der Waals surface area contributed by atoms with Crippen molar-refractivity contribution >= 4 is 0 Å². The van der Waals surface area contributed by atoms with Crippen LogP contribution in [0.15, 0.2) is 36.5 Å². The predicted octanol–water partition coefficient (Wildman–Crippen LogP) is 9.04. The summed E-state index contributed by atoms with van der Waals surface area (Å²) in [5, 5.41) is 0. The Morgan fingerprint density at radius 1 is 0.833 bits per heavy atom. The van der Waals surface area contributed by atoms with Crippen LogP contribution in [0.2, 0.25) is 0 Å². The Labute approximate surface area is 218 Å². The minimum absolute atomic E-state index is 0.309. The molecule has 0 spiro atoms. The number of hydrogen-bond acceptors (Lipinski definition) is 4. The molecule has 3 rings (SSSR count). The summed E-state index contributed by atoms with van der Waals surface area (Å²) in [5.41, 5.74) is 2.35. The molecule has 2 aromatic rings. The zero-order valence-electron chi connectivity index (χ0n) is 22.5. The second-order valence-electron chi connectivity index (χ2n) is 10.2. The summed E-state index contributed by atoms with van der Waals surface area (Å²) in [4.78, 5) is 4.54. The molecule has 200 valence electrons. The van der Waals surface area contributed by atoms with E-state index in [4.69, 9.17) is 14.2 Å². The van der Waals surface area contributed by atoms with E-state index in [-0.39, 0.29) is 12.1 Å². The molecule has 0 unspecified atom stereocenters. The van der Waals surface area contributed by atoms with E-state index in [1.54, 1.807) is 12.3 Å². The van der Waals surface area contributed by atoms with E-state index in [9.17, 15) is 4.39 Å². The summed E-state index contributed by atoms with van der Waals surface area (Å²) >= 11 is 0. The van der Waals surface area contributed by atoms with Crippen LogP contribution in [0, 0.1) is 11.7 Å². The van der Waals surface area contributed by atoms with E-state index >= 15 is 0 Å². The standard InChI is InChI=1S/C31H46FNO3/c1-3-5-7-9-11-13-15-25-23-35-31(36-24-25)27-16-18-29(33-22-27)26-17-19-30(28(32)21-26)34-20-14-12-10-8-6-4-2/h16-19,21-22,25,31H,3-15,20,23-24H2,1-2H3. The van der Waals surface area contributed by atoms with Gasteiger partial charge in [-0.05, 0) is 37.1 Å². The van der Waals surface area contributed by atoms with Crippen LogP contribution in [0.1, 0.15) is 109 Å². The summed E-state index contributed by atoms with van der Waals surface area (Å²) < 4.78 is 32.2. The largest absolute Gasteiger partial charge is 0.491 e. The lowest BCUT2D eigenvalue weighted by Gasteiger charge is -2.29. The highest BCUT2D eigenvalue weighted by atomic mass is 19.1. The Bertz CT molecular complexity index is 849.